The molecule has 4 heterocycles. The molecule has 0 spiro atoms. The molecule has 1 saturated heterocycles. The van der Waals surface area contributed by atoms with E-state index in [0.717, 1.165) is 26.6 Å². The van der Waals surface area contributed by atoms with Gasteiger partial charge in [-0.3, -0.25) is 4.79 Å². The summed E-state index contributed by atoms with van der Waals surface area (Å²) >= 11 is 6.68. The van der Waals surface area contributed by atoms with Crippen LogP contribution in [0.15, 0.2) is 47.5 Å². The highest BCUT2D eigenvalue weighted by Crippen LogP contribution is 2.51. The summed E-state index contributed by atoms with van der Waals surface area (Å²) in [5.41, 5.74) is 3.16. The number of aliphatic carboxylic acids is 1. The Bertz CT molecular complexity index is 1330. The number of aliphatic hydroxyl groups excluding tert-OH is 1. The number of benzene rings is 1. The van der Waals surface area contributed by atoms with Crippen LogP contribution in [0, 0.1) is 11.8 Å². The summed E-state index contributed by atoms with van der Waals surface area (Å²) < 4.78 is 4.25. The molecule has 2 N–H and O–H groups in total. The van der Waals surface area contributed by atoms with Crippen LogP contribution in [0.2, 0.25) is 0 Å². The van der Waals surface area contributed by atoms with Crippen LogP contribution < -0.4 is 4.57 Å². The summed E-state index contributed by atoms with van der Waals surface area (Å²) in [5.74, 6) is -2.15. The number of alkyl halides is 1. The second-order valence-corrected chi connectivity index (χ2v) is 11.2. The number of carboxylic acids is 1. The normalized spacial score (nSPS) is 22.9. The second kappa shape index (κ2) is 8.82. The molecular weight excluding hydrogens is 538 g/mol. The van der Waals surface area contributed by atoms with E-state index in [-0.39, 0.29) is 23.6 Å². The fourth-order valence-electron chi connectivity index (χ4n) is 5.20. The number of fused-ring (bicyclic) bond motifs is 2. The Morgan fingerprint density at radius 1 is 1.29 bits per heavy atom. The van der Waals surface area contributed by atoms with E-state index in [9.17, 15) is 19.8 Å². The van der Waals surface area contributed by atoms with Crippen molar-refractivity contribution in [1.82, 2.24) is 9.30 Å². The van der Waals surface area contributed by atoms with Crippen molar-refractivity contribution in [2.24, 2.45) is 11.8 Å². The van der Waals surface area contributed by atoms with Crippen LogP contribution in [0.25, 0.3) is 10.4 Å². The van der Waals surface area contributed by atoms with Crippen LogP contribution in [-0.2, 0) is 21.5 Å². The third-order valence-corrected chi connectivity index (χ3v) is 9.50. The van der Waals surface area contributed by atoms with Crippen molar-refractivity contribution < 1.29 is 24.4 Å². The van der Waals surface area contributed by atoms with Crippen molar-refractivity contribution in [3.8, 4) is 0 Å². The van der Waals surface area contributed by atoms with Gasteiger partial charge in [-0.25, -0.2) is 9.36 Å². The highest BCUT2D eigenvalue weighted by atomic mass is 79.9. The van der Waals surface area contributed by atoms with E-state index in [1.165, 1.54) is 16.0 Å². The van der Waals surface area contributed by atoms with Gasteiger partial charge in [0.2, 0.25) is 15.8 Å². The standard InChI is InChI=1S/C24H24BrN3O4S2/c1-12-17(20(24(31)32)28-19(12)18(13(2)29)21(28)30)16-10-27-11-26(22(33-3)23(27)34-16)9-15-6-4-14(8-25)5-7-15/h4-7,10-13,18-19,29H,8-9H2,1-3H3/p+1/t12-,13+,18+,19+/m0/s1. The molecule has 7 nitrogen and oxygen atoms in total. The predicted molar refractivity (Wildman–Crippen MR) is 135 cm³/mol. The molecule has 2 aliphatic rings. The van der Waals surface area contributed by atoms with E-state index in [4.69, 9.17) is 0 Å². The van der Waals surface area contributed by atoms with Gasteiger partial charge in [0.25, 0.3) is 6.33 Å². The molecule has 0 unspecified atom stereocenters. The van der Waals surface area contributed by atoms with Gasteiger partial charge >= 0.3 is 5.97 Å². The number of halogens is 1. The minimum absolute atomic E-state index is 0.0503. The highest BCUT2D eigenvalue weighted by Gasteiger charge is 2.60. The lowest BCUT2D eigenvalue weighted by molar-refractivity contribution is -0.721. The van der Waals surface area contributed by atoms with Gasteiger partial charge in [-0.1, -0.05) is 70.2 Å². The molecule has 2 aliphatic heterocycles. The van der Waals surface area contributed by atoms with E-state index >= 15 is 0 Å². The molecule has 5 rings (SSSR count). The fraction of sp³-hybridized carbons (Fsp3) is 0.375. The Labute approximate surface area is 213 Å². The molecule has 3 aromatic rings. The molecule has 2 aromatic heterocycles. The van der Waals surface area contributed by atoms with Gasteiger partial charge in [0.15, 0.2) is 0 Å². The number of carbonyl (C=O) groups excluding carboxylic acids is 1. The number of amides is 1. The number of carbonyl (C=O) groups is 2. The molecule has 0 saturated carbocycles. The summed E-state index contributed by atoms with van der Waals surface area (Å²) in [7, 11) is 0. The lowest BCUT2D eigenvalue weighted by Gasteiger charge is -2.46. The molecule has 0 aliphatic carbocycles. The van der Waals surface area contributed by atoms with Gasteiger partial charge < -0.3 is 15.1 Å². The molecule has 1 fully saturated rings. The molecule has 10 heteroatoms. The number of imidazole rings is 1. The summed E-state index contributed by atoms with van der Waals surface area (Å²) in [4.78, 5) is 28.1. The van der Waals surface area contributed by atoms with Crippen LogP contribution in [0.3, 0.4) is 0 Å². The maximum Gasteiger partial charge on any atom is 0.352 e. The lowest BCUT2D eigenvalue weighted by atomic mass is 9.77. The summed E-state index contributed by atoms with van der Waals surface area (Å²) in [6.07, 6.45) is 5.23. The first-order chi connectivity index (χ1) is 16.3. The van der Waals surface area contributed by atoms with Crippen molar-refractivity contribution in [3.63, 3.8) is 0 Å². The number of carboxylic acid groups (broad SMARTS) is 1. The van der Waals surface area contributed by atoms with E-state index in [0.29, 0.717) is 5.57 Å². The fourth-order valence-corrected chi connectivity index (χ4v) is 7.75. The summed E-state index contributed by atoms with van der Waals surface area (Å²) in [6.45, 7) is 4.28. The van der Waals surface area contributed by atoms with Crippen LogP contribution in [0.4, 0.5) is 0 Å². The number of aliphatic hydroxyl groups is 1. The number of hydrogen-bond acceptors (Lipinski definition) is 5. The SMILES string of the molecule is CSc1c2sc(C3=C(C(=O)O)N4C(=O)[C@H]([C@@H](C)O)[C@H]4[C@H]3C)cn2c[n+]1Cc1ccc(CBr)cc1. The third kappa shape index (κ3) is 3.54. The Kier molecular flexibility index (Phi) is 6.12. The van der Waals surface area contributed by atoms with E-state index in [1.54, 1.807) is 30.0 Å². The van der Waals surface area contributed by atoms with Crippen LogP contribution in [-0.4, -0.2) is 49.8 Å². The molecule has 34 heavy (non-hydrogen) atoms. The minimum atomic E-state index is -1.10. The Morgan fingerprint density at radius 2 is 1.97 bits per heavy atom. The van der Waals surface area contributed by atoms with Crippen molar-refractivity contribution >= 4 is 61.3 Å². The van der Waals surface area contributed by atoms with Crippen molar-refractivity contribution in [2.75, 3.05) is 6.26 Å². The van der Waals surface area contributed by atoms with Gasteiger partial charge in [-0.2, -0.15) is 4.40 Å². The van der Waals surface area contributed by atoms with Crippen molar-refractivity contribution in [1.29, 1.82) is 0 Å². The molecular formula is C24H25BrN3O4S2+. The molecule has 0 bridgehead atoms. The number of thioether (sulfide) groups is 1. The summed E-state index contributed by atoms with van der Waals surface area (Å²) in [6, 6.07) is 8.19. The first kappa shape index (κ1) is 23.6. The zero-order valence-electron chi connectivity index (χ0n) is 18.9. The van der Waals surface area contributed by atoms with Gasteiger partial charge in [0.1, 0.15) is 18.4 Å². The number of rotatable bonds is 7. The smallest absolute Gasteiger partial charge is 0.352 e. The maximum atomic E-state index is 12.7. The molecule has 1 aromatic carbocycles. The Morgan fingerprint density at radius 3 is 2.56 bits per heavy atom. The zero-order valence-corrected chi connectivity index (χ0v) is 22.2. The predicted octanol–water partition coefficient (Wildman–Crippen LogP) is 3.61. The highest BCUT2D eigenvalue weighted by molar-refractivity contribution is 9.08. The third-order valence-electron chi connectivity index (χ3n) is 6.77. The van der Waals surface area contributed by atoms with E-state index < -0.39 is 18.0 Å². The van der Waals surface area contributed by atoms with E-state index in [1.807, 2.05) is 30.1 Å². The van der Waals surface area contributed by atoms with Gasteiger partial charge in [-0.05, 0) is 24.3 Å². The molecule has 0 radical (unpaired) electrons. The van der Waals surface area contributed by atoms with Crippen molar-refractivity contribution in [3.05, 3.63) is 58.5 Å². The van der Waals surface area contributed by atoms with Gasteiger partial charge in [0, 0.05) is 16.8 Å². The molecule has 4 atom stereocenters. The quantitative estimate of drug-likeness (QED) is 0.199. The Hall–Kier alpha value is -2.14. The lowest BCUT2D eigenvalue weighted by Crippen LogP contribution is -2.63. The van der Waals surface area contributed by atoms with Crippen LogP contribution >= 0.6 is 39.0 Å². The van der Waals surface area contributed by atoms with E-state index in [2.05, 4.69) is 44.8 Å². The molecule has 178 valence electrons. The largest absolute Gasteiger partial charge is 0.477 e. The number of nitrogens with zero attached hydrogens (tertiary/aromatic N) is 3. The second-order valence-electron chi connectivity index (χ2n) is 8.83. The van der Waals surface area contributed by atoms with Crippen LogP contribution in [0.1, 0.15) is 29.9 Å². The monoisotopic (exact) mass is 562 g/mol. The average Bonchev–Trinajstić information content (AvgIpc) is 3.41. The van der Waals surface area contributed by atoms with Gasteiger partial charge in [0.05, 0.1) is 22.9 Å². The zero-order chi connectivity index (χ0) is 24.3. The first-order valence-corrected chi connectivity index (χ1v) is 14.1. The molecule has 1 amide bonds. The maximum absolute atomic E-state index is 12.7. The topological polar surface area (TPSA) is 86.1 Å². The minimum Gasteiger partial charge on any atom is -0.477 e. The number of hydrogen-bond donors (Lipinski definition) is 2. The van der Waals surface area contributed by atoms with Crippen LogP contribution in [0.5, 0.6) is 0 Å². The summed E-state index contributed by atoms with van der Waals surface area (Å²) in [5, 5.41) is 22.0. The average molecular weight is 564 g/mol. The Balaban J connectivity index is 1.53. The number of β-lactam (4-membered cyclic amide) rings is 1. The van der Waals surface area contributed by atoms with Crippen molar-refractivity contribution in [2.45, 2.75) is 42.9 Å². The number of aromatic nitrogens is 2. The van der Waals surface area contributed by atoms with Gasteiger partial charge in [-0.15, -0.1) is 0 Å². The first-order valence-electron chi connectivity index (χ1n) is 11.0. The number of thiazole rings is 1.